The van der Waals surface area contributed by atoms with Crippen molar-refractivity contribution in [2.45, 2.75) is 50.2 Å². The molecule has 2 unspecified atom stereocenters. The summed E-state index contributed by atoms with van der Waals surface area (Å²) in [6, 6.07) is 16.5. The molecular formula is C25H33Cl2IN2O. The molecule has 2 atom stereocenters. The molecular weight excluding hydrogens is 542 g/mol. The Balaban J connectivity index is 1.87. The SMILES string of the molecule is CC(C)(C)COCC(CN(Cc1ccccc1)c1c(Cl)cccc1Cl)N1CCCC1I. The second-order valence-corrected chi connectivity index (χ2v) is 11.7. The minimum Gasteiger partial charge on any atom is -0.379 e. The molecule has 2 aromatic carbocycles. The first-order valence-electron chi connectivity index (χ1n) is 10.9. The average molecular weight is 575 g/mol. The third kappa shape index (κ3) is 7.50. The highest BCUT2D eigenvalue weighted by molar-refractivity contribution is 14.1. The van der Waals surface area contributed by atoms with E-state index in [4.69, 9.17) is 27.9 Å². The number of ether oxygens (including phenoxy) is 1. The monoisotopic (exact) mass is 574 g/mol. The van der Waals surface area contributed by atoms with Gasteiger partial charge in [0.05, 0.1) is 39.0 Å². The van der Waals surface area contributed by atoms with Gasteiger partial charge in [0.15, 0.2) is 0 Å². The number of nitrogens with zero attached hydrogens (tertiary/aromatic N) is 2. The van der Waals surface area contributed by atoms with E-state index in [2.05, 4.69) is 77.4 Å². The standard InChI is InChI=1S/C25H33Cl2IN2O/c1-25(2,3)18-31-17-20(30-14-8-13-23(30)28)16-29(15-19-9-5-4-6-10-19)24-21(26)11-7-12-22(24)27/h4-7,9-12,20,23H,8,13-18H2,1-3H3. The number of hydrogen-bond acceptors (Lipinski definition) is 3. The summed E-state index contributed by atoms with van der Waals surface area (Å²) in [7, 11) is 0. The van der Waals surface area contributed by atoms with E-state index in [0.717, 1.165) is 31.9 Å². The van der Waals surface area contributed by atoms with Crippen molar-refractivity contribution in [3.05, 3.63) is 64.1 Å². The predicted molar refractivity (Wildman–Crippen MR) is 142 cm³/mol. The highest BCUT2D eigenvalue weighted by Crippen LogP contribution is 2.36. The summed E-state index contributed by atoms with van der Waals surface area (Å²) in [5.41, 5.74) is 2.29. The van der Waals surface area contributed by atoms with Crippen molar-refractivity contribution in [3.8, 4) is 0 Å². The predicted octanol–water partition coefficient (Wildman–Crippen LogP) is 7.29. The van der Waals surface area contributed by atoms with Crippen LogP contribution in [-0.2, 0) is 11.3 Å². The van der Waals surface area contributed by atoms with Gasteiger partial charge in [-0.15, -0.1) is 0 Å². The minimum atomic E-state index is 0.148. The number of alkyl halides is 1. The number of halogens is 3. The topological polar surface area (TPSA) is 15.7 Å². The molecule has 1 fully saturated rings. The first-order chi connectivity index (χ1) is 14.7. The number of likely N-dealkylation sites (tertiary alicyclic amines) is 1. The van der Waals surface area contributed by atoms with Crippen LogP contribution >= 0.6 is 45.8 Å². The lowest BCUT2D eigenvalue weighted by Crippen LogP contribution is -2.47. The van der Waals surface area contributed by atoms with E-state index in [0.29, 0.717) is 20.7 Å². The zero-order chi connectivity index (χ0) is 22.4. The van der Waals surface area contributed by atoms with Gasteiger partial charge in [0.25, 0.3) is 0 Å². The largest absolute Gasteiger partial charge is 0.379 e. The molecule has 0 aliphatic carbocycles. The molecule has 3 rings (SSSR count). The van der Waals surface area contributed by atoms with E-state index in [1.54, 1.807) is 0 Å². The molecule has 0 spiro atoms. The van der Waals surface area contributed by atoms with Crippen LogP contribution in [0.3, 0.4) is 0 Å². The minimum absolute atomic E-state index is 0.148. The van der Waals surface area contributed by atoms with Crippen molar-refractivity contribution in [1.82, 2.24) is 4.90 Å². The van der Waals surface area contributed by atoms with E-state index in [1.807, 2.05) is 24.3 Å². The van der Waals surface area contributed by atoms with E-state index in [-0.39, 0.29) is 11.5 Å². The first kappa shape index (κ1) is 25.1. The smallest absolute Gasteiger partial charge is 0.0748 e. The second kappa shape index (κ2) is 11.6. The van der Waals surface area contributed by atoms with Crippen LogP contribution in [0.4, 0.5) is 5.69 Å². The molecule has 0 amide bonds. The molecule has 1 heterocycles. The quantitative estimate of drug-likeness (QED) is 0.178. The lowest BCUT2D eigenvalue weighted by molar-refractivity contribution is 0.0305. The number of rotatable bonds is 9. The summed E-state index contributed by atoms with van der Waals surface area (Å²) in [5, 5.41) is 1.37. The highest BCUT2D eigenvalue weighted by Gasteiger charge is 2.31. The molecule has 0 saturated carbocycles. The molecule has 31 heavy (non-hydrogen) atoms. The van der Waals surface area contributed by atoms with Crippen molar-refractivity contribution in [1.29, 1.82) is 0 Å². The third-order valence-corrected chi connectivity index (χ3v) is 7.38. The highest BCUT2D eigenvalue weighted by atomic mass is 127. The van der Waals surface area contributed by atoms with Crippen molar-refractivity contribution in [3.63, 3.8) is 0 Å². The van der Waals surface area contributed by atoms with Gasteiger partial charge in [-0.3, -0.25) is 4.90 Å². The van der Waals surface area contributed by atoms with Crippen molar-refractivity contribution in [2.24, 2.45) is 5.41 Å². The average Bonchev–Trinajstić information content (AvgIpc) is 3.12. The Kier molecular flexibility index (Phi) is 9.35. The van der Waals surface area contributed by atoms with Gasteiger partial charge >= 0.3 is 0 Å². The lowest BCUT2D eigenvalue weighted by atomic mass is 9.99. The summed E-state index contributed by atoms with van der Waals surface area (Å²) >= 11 is 15.9. The van der Waals surface area contributed by atoms with E-state index < -0.39 is 0 Å². The summed E-state index contributed by atoms with van der Waals surface area (Å²) in [4.78, 5) is 4.92. The first-order valence-corrected chi connectivity index (χ1v) is 13.0. The van der Waals surface area contributed by atoms with Crippen molar-refractivity contribution < 1.29 is 4.74 Å². The van der Waals surface area contributed by atoms with Gasteiger partial charge < -0.3 is 9.64 Å². The molecule has 2 aromatic rings. The van der Waals surface area contributed by atoms with Crippen LogP contribution in [0, 0.1) is 5.41 Å². The van der Waals surface area contributed by atoms with Crippen molar-refractivity contribution >= 4 is 51.5 Å². The third-order valence-electron chi connectivity index (χ3n) is 5.43. The molecule has 170 valence electrons. The van der Waals surface area contributed by atoms with Gasteiger partial charge in [-0.05, 0) is 42.5 Å². The van der Waals surface area contributed by atoms with Gasteiger partial charge in [-0.1, -0.05) is 103 Å². The van der Waals surface area contributed by atoms with Crippen molar-refractivity contribution in [2.75, 3.05) is 31.2 Å². The van der Waals surface area contributed by atoms with Crippen LogP contribution < -0.4 is 4.90 Å². The van der Waals surface area contributed by atoms with Crippen LogP contribution in [0.5, 0.6) is 0 Å². The van der Waals surface area contributed by atoms with Crippen LogP contribution in [0.2, 0.25) is 10.0 Å². The Hall–Kier alpha value is -0.530. The lowest BCUT2D eigenvalue weighted by Gasteiger charge is -2.37. The zero-order valence-corrected chi connectivity index (χ0v) is 22.3. The zero-order valence-electron chi connectivity index (χ0n) is 18.7. The van der Waals surface area contributed by atoms with Crippen LogP contribution in [0.15, 0.2) is 48.5 Å². The van der Waals surface area contributed by atoms with Crippen LogP contribution in [0.25, 0.3) is 0 Å². The van der Waals surface area contributed by atoms with E-state index >= 15 is 0 Å². The fourth-order valence-electron chi connectivity index (χ4n) is 4.00. The molecule has 0 radical (unpaired) electrons. The van der Waals surface area contributed by atoms with Gasteiger partial charge in [-0.2, -0.15) is 0 Å². The van der Waals surface area contributed by atoms with E-state index in [1.165, 1.54) is 18.4 Å². The fraction of sp³-hybridized carbons (Fsp3) is 0.520. The Morgan fingerprint density at radius 1 is 1.10 bits per heavy atom. The fourth-order valence-corrected chi connectivity index (χ4v) is 5.81. The summed E-state index contributed by atoms with van der Waals surface area (Å²) in [6.07, 6.45) is 2.46. The molecule has 1 aliphatic rings. The summed E-state index contributed by atoms with van der Waals surface area (Å²) in [6.45, 7) is 10.7. The molecule has 0 bridgehead atoms. The Bertz CT molecular complexity index is 808. The number of hydrogen-bond donors (Lipinski definition) is 0. The molecule has 1 saturated heterocycles. The molecule has 3 nitrogen and oxygen atoms in total. The van der Waals surface area contributed by atoms with Crippen LogP contribution in [-0.4, -0.2) is 41.3 Å². The Morgan fingerprint density at radius 2 is 1.77 bits per heavy atom. The molecule has 6 heteroatoms. The number of benzene rings is 2. The maximum absolute atomic E-state index is 6.65. The van der Waals surface area contributed by atoms with E-state index in [9.17, 15) is 0 Å². The Morgan fingerprint density at radius 3 is 2.35 bits per heavy atom. The van der Waals surface area contributed by atoms with Gasteiger partial charge in [-0.25, -0.2) is 0 Å². The number of para-hydroxylation sites is 1. The van der Waals surface area contributed by atoms with Gasteiger partial charge in [0.1, 0.15) is 0 Å². The number of anilines is 1. The molecule has 0 N–H and O–H groups in total. The van der Waals surface area contributed by atoms with Crippen LogP contribution in [0.1, 0.15) is 39.2 Å². The second-order valence-electron chi connectivity index (χ2n) is 9.48. The van der Waals surface area contributed by atoms with Gasteiger partial charge in [0.2, 0.25) is 0 Å². The molecule has 0 aromatic heterocycles. The van der Waals surface area contributed by atoms with Gasteiger partial charge in [0, 0.05) is 13.1 Å². The molecule has 1 aliphatic heterocycles. The summed E-state index contributed by atoms with van der Waals surface area (Å²) in [5.74, 6) is 0. The normalized spacial score (nSPS) is 18.3. The summed E-state index contributed by atoms with van der Waals surface area (Å²) < 4.78 is 6.76. The Labute approximate surface area is 211 Å². The maximum Gasteiger partial charge on any atom is 0.0748 e. The maximum atomic E-state index is 6.65.